The first-order valence-electron chi connectivity index (χ1n) is 35.9. The largest absolute Gasteiger partial charge is 0.380 e. The highest BCUT2D eigenvalue weighted by molar-refractivity contribution is 5.96. The van der Waals surface area contributed by atoms with Crippen molar-refractivity contribution in [2.45, 2.75) is 198 Å². The number of carbonyl (C=O) groups is 4. The molecule has 1 aromatic heterocycles. The summed E-state index contributed by atoms with van der Waals surface area (Å²) in [6.45, 7) is 52.1. The van der Waals surface area contributed by atoms with Crippen molar-refractivity contribution in [3.63, 3.8) is 0 Å². The van der Waals surface area contributed by atoms with E-state index in [0.717, 1.165) is 61.2 Å². The Bertz CT molecular complexity index is 2860. The molecule has 11 nitrogen and oxygen atoms in total. The summed E-state index contributed by atoms with van der Waals surface area (Å²) >= 11 is 0. The van der Waals surface area contributed by atoms with E-state index in [-0.39, 0.29) is 23.5 Å². The molecule has 7 aromatic carbocycles. The SMILES string of the molecule is CC.CC.CC.CC.CC.CC.CC.CC.CCCOCCNC(=O)c1ccccc1.CCCOCCOCCCC(=O)c1ccccc1.CCNC(=O)c1ccc(C)cc1.CCc1ccccc1.Cc1ccc(C(=O)NCc2ccccc2)cc1.Cc1ccc2cc[nH]c2c1. The fourth-order valence-electron chi connectivity index (χ4n) is 7.17. The number of Topliss-reactive ketones (excluding diaryl/α,β-unsaturated/α-hetero) is 1. The van der Waals surface area contributed by atoms with E-state index in [1.807, 2.05) is 271 Å². The minimum absolute atomic E-state index is 0.00231. The van der Waals surface area contributed by atoms with Crippen molar-refractivity contribution >= 4 is 34.4 Å². The van der Waals surface area contributed by atoms with E-state index in [9.17, 15) is 19.2 Å². The van der Waals surface area contributed by atoms with E-state index >= 15 is 0 Å². The lowest BCUT2D eigenvalue weighted by Gasteiger charge is -2.05. The van der Waals surface area contributed by atoms with Gasteiger partial charge in [0, 0.05) is 79.8 Å². The van der Waals surface area contributed by atoms with Crippen LogP contribution in [0, 0.1) is 20.8 Å². The maximum absolute atomic E-state index is 11.8. The maximum atomic E-state index is 11.8. The van der Waals surface area contributed by atoms with Crippen molar-refractivity contribution in [1.82, 2.24) is 20.9 Å². The van der Waals surface area contributed by atoms with Gasteiger partial charge in [0.25, 0.3) is 17.7 Å². The lowest BCUT2D eigenvalue weighted by molar-refractivity contribution is 0.0463. The molecular weight excluding hydrogens is 1190 g/mol. The van der Waals surface area contributed by atoms with Crippen molar-refractivity contribution < 1.29 is 33.4 Å². The number of nitrogens with one attached hydrogen (secondary N) is 4. The minimum Gasteiger partial charge on any atom is -0.380 e. The first kappa shape index (κ1) is 99.1. The van der Waals surface area contributed by atoms with E-state index in [2.05, 4.69) is 97.2 Å². The zero-order chi connectivity index (χ0) is 73.8. The van der Waals surface area contributed by atoms with Crippen LogP contribution in [0.3, 0.4) is 0 Å². The third-order valence-corrected chi connectivity index (χ3v) is 11.6. The standard InChI is InChI=1S/C15H15NO.C15H22O3.C12H17NO2.C10H13NO.C9H9N.C8H10.8C2H6/c1-12-7-9-14(10-8-12)15(17)16-11-13-5-3-2-4-6-13;1-2-10-17-12-13-18-11-6-9-15(16)14-7-4-3-5-8-14;1-2-9-15-10-8-13-12(14)11-6-4-3-5-7-11;1-3-11-10(12)9-6-4-8(2)5-7-9;1-7-2-3-8-4-5-10-9(8)6-7;1-2-8-6-4-3-5-7-8;8*1-2/h2-10H,11H2,1H3,(H,16,17);3-5,7-8H,2,6,9-13H2,1H3;3-7H,2,8-10H2,1H3,(H,13,14);4-7H,3H2,1-2H3,(H,11,12);2-6,10H,1H3;3-7H,2H2,1H3;8*1-2H3. The number of amides is 3. The number of hydrogen-bond acceptors (Lipinski definition) is 7. The Balaban J connectivity index is -0.000000245. The molecular formula is C85H134N4O7. The fourth-order valence-corrected chi connectivity index (χ4v) is 7.17. The van der Waals surface area contributed by atoms with Crippen molar-refractivity contribution in [2.24, 2.45) is 0 Å². The van der Waals surface area contributed by atoms with Gasteiger partial charge in [-0.2, -0.15) is 0 Å². The Morgan fingerprint density at radius 2 is 0.740 bits per heavy atom. The van der Waals surface area contributed by atoms with Crippen molar-refractivity contribution in [3.05, 3.63) is 250 Å². The monoisotopic (exact) mass is 1320 g/mol. The summed E-state index contributed by atoms with van der Waals surface area (Å²) in [6.07, 6.45) is 6.45. The molecule has 536 valence electrons. The molecule has 0 aliphatic carbocycles. The van der Waals surface area contributed by atoms with E-state index in [1.165, 1.54) is 27.6 Å². The smallest absolute Gasteiger partial charge is 0.251 e. The molecule has 0 aliphatic rings. The molecule has 11 heteroatoms. The predicted molar refractivity (Wildman–Crippen MR) is 419 cm³/mol. The van der Waals surface area contributed by atoms with Gasteiger partial charge in [-0.1, -0.05) is 288 Å². The molecule has 0 saturated carbocycles. The predicted octanol–water partition coefficient (Wildman–Crippen LogP) is 22.5. The summed E-state index contributed by atoms with van der Waals surface area (Å²) in [4.78, 5) is 49.5. The summed E-state index contributed by atoms with van der Waals surface area (Å²) in [7, 11) is 0. The van der Waals surface area contributed by atoms with Gasteiger partial charge in [-0.15, -0.1) is 0 Å². The van der Waals surface area contributed by atoms with Crippen LogP contribution in [0.1, 0.15) is 233 Å². The van der Waals surface area contributed by atoms with Gasteiger partial charge in [0.15, 0.2) is 5.78 Å². The Morgan fingerprint density at radius 1 is 0.365 bits per heavy atom. The summed E-state index contributed by atoms with van der Waals surface area (Å²) < 4.78 is 15.9. The molecule has 0 saturated heterocycles. The number of fused-ring (bicyclic) bond motifs is 1. The highest BCUT2D eigenvalue weighted by Crippen LogP contribution is 2.13. The number of aryl methyl sites for hydroxylation is 4. The fraction of sp³-hybridized carbons (Fsp3) is 0.435. The Labute approximate surface area is 586 Å². The van der Waals surface area contributed by atoms with Gasteiger partial charge in [0.05, 0.1) is 19.8 Å². The van der Waals surface area contributed by atoms with Gasteiger partial charge in [-0.25, -0.2) is 0 Å². The highest BCUT2D eigenvalue weighted by atomic mass is 16.5. The van der Waals surface area contributed by atoms with Crippen molar-refractivity contribution in [3.8, 4) is 0 Å². The van der Waals surface area contributed by atoms with E-state index in [1.54, 1.807) is 12.1 Å². The summed E-state index contributed by atoms with van der Waals surface area (Å²) in [6, 6.07) is 62.5. The molecule has 0 bridgehead atoms. The van der Waals surface area contributed by atoms with Crippen LogP contribution in [0.5, 0.6) is 0 Å². The second-order valence-electron chi connectivity index (χ2n) is 18.5. The zero-order valence-electron chi connectivity index (χ0n) is 64.3. The average Bonchev–Trinajstić information content (AvgIpc) is 1.87. The lowest BCUT2D eigenvalue weighted by atomic mass is 10.1. The summed E-state index contributed by atoms with van der Waals surface area (Å²) in [5.74, 6) is 0.100. The first-order valence-corrected chi connectivity index (χ1v) is 35.9. The topological polar surface area (TPSA) is 148 Å². The molecule has 0 radical (unpaired) electrons. The molecule has 1 heterocycles. The normalized spacial score (nSPS) is 8.82. The molecule has 0 atom stereocenters. The molecule has 0 fully saturated rings. The van der Waals surface area contributed by atoms with Crippen LogP contribution in [-0.4, -0.2) is 81.2 Å². The Morgan fingerprint density at radius 3 is 1.17 bits per heavy atom. The van der Waals surface area contributed by atoms with E-state index in [4.69, 9.17) is 14.2 Å². The molecule has 0 spiro atoms. The van der Waals surface area contributed by atoms with Gasteiger partial charge < -0.3 is 35.1 Å². The van der Waals surface area contributed by atoms with Crippen LogP contribution < -0.4 is 16.0 Å². The molecule has 3 amide bonds. The van der Waals surface area contributed by atoms with Crippen LogP contribution in [0.4, 0.5) is 0 Å². The van der Waals surface area contributed by atoms with Gasteiger partial charge >= 0.3 is 0 Å². The zero-order valence-corrected chi connectivity index (χ0v) is 64.3. The number of hydrogen-bond donors (Lipinski definition) is 4. The molecule has 8 rings (SSSR count). The highest BCUT2D eigenvalue weighted by Gasteiger charge is 2.06. The molecule has 0 aliphatic heterocycles. The van der Waals surface area contributed by atoms with Gasteiger partial charge in [-0.05, 0) is 124 Å². The van der Waals surface area contributed by atoms with Crippen LogP contribution >= 0.6 is 0 Å². The van der Waals surface area contributed by atoms with Crippen molar-refractivity contribution in [1.29, 1.82) is 0 Å². The third-order valence-electron chi connectivity index (χ3n) is 11.6. The number of carbonyl (C=O) groups excluding carboxylic acids is 4. The molecule has 4 N–H and O–H groups in total. The van der Waals surface area contributed by atoms with Gasteiger partial charge in [0.1, 0.15) is 0 Å². The summed E-state index contributed by atoms with van der Waals surface area (Å²) in [5, 5.41) is 9.71. The average molecular weight is 1320 g/mol. The molecule has 96 heavy (non-hydrogen) atoms. The Hall–Kier alpha value is -7.96. The summed E-state index contributed by atoms with van der Waals surface area (Å²) in [5.41, 5.74) is 10.3. The number of ketones is 1. The molecule has 8 aromatic rings. The lowest BCUT2D eigenvalue weighted by Crippen LogP contribution is -2.27. The quantitative estimate of drug-likeness (QED) is 0.0390. The van der Waals surface area contributed by atoms with Crippen LogP contribution in [0.15, 0.2) is 200 Å². The van der Waals surface area contributed by atoms with Crippen LogP contribution in [0.25, 0.3) is 10.9 Å². The van der Waals surface area contributed by atoms with Crippen LogP contribution in [-0.2, 0) is 27.2 Å². The number of rotatable bonds is 22. The second kappa shape index (κ2) is 77.7. The number of benzene rings is 7. The van der Waals surface area contributed by atoms with Crippen molar-refractivity contribution in [2.75, 3.05) is 52.7 Å². The number of ether oxygens (including phenoxy) is 3. The van der Waals surface area contributed by atoms with Gasteiger partial charge in [-0.3, -0.25) is 19.2 Å². The number of aromatic nitrogens is 1. The van der Waals surface area contributed by atoms with Gasteiger partial charge in [0.2, 0.25) is 0 Å². The molecule has 0 unspecified atom stereocenters. The number of aromatic amines is 1. The van der Waals surface area contributed by atoms with E-state index in [0.29, 0.717) is 63.6 Å². The minimum atomic E-state index is -0.0456. The van der Waals surface area contributed by atoms with Crippen LogP contribution in [0.2, 0.25) is 0 Å². The Kier molecular flexibility index (Phi) is 80.3. The number of H-pyrrole nitrogens is 1. The third kappa shape index (κ3) is 55.3. The maximum Gasteiger partial charge on any atom is 0.251 e. The second-order valence-corrected chi connectivity index (χ2v) is 18.5. The van der Waals surface area contributed by atoms with E-state index < -0.39 is 0 Å². The first-order chi connectivity index (χ1) is 47.0.